The van der Waals surface area contributed by atoms with Crippen molar-refractivity contribution in [2.24, 2.45) is 0 Å². The molecule has 4 nitrogen and oxygen atoms in total. The average Bonchev–Trinajstić information content (AvgIpc) is 2.93. The van der Waals surface area contributed by atoms with Gasteiger partial charge in [0.1, 0.15) is 0 Å². The summed E-state index contributed by atoms with van der Waals surface area (Å²) < 4.78 is 2.78. The van der Waals surface area contributed by atoms with Gasteiger partial charge in [0.25, 0.3) is 0 Å². The predicted molar refractivity (Wildman–Crippen MR) is 75.0 cm³/mol. The first-order valence-electron chi connectivity index (χ1n) is 6.18. The molecule has 0 saturated carbocycles. The molecule has 19 heavy (non-hydrogen) atoms. The van der Waals surface area contributed by atoms with Gasteiger partial charge in [-0.3, -0.25) is 0 Å². The molecule has 98 valence electrons. The minimum atomic E-state index is -0.942. The Morgan fingerprint density at radius 2 is 2.21 bits per heavy atom. The van der Waals surface area contributed by atoms with Crippen LogP contribution in [0.25, 0.3) is 5.69 Å². The first-order valence-corrected chi connectivity index (χ1v) is 6.98. The monoisotopic (exact) mass is 320 g/mol. The topological polar surface area (TPSA) is 55.1 Å². The van der Waals surface area contributed by atoms with Crippen LogP contribution in [-0.2, 0) is 12.8 Å². The first-order chi connectivity index (χ1) is 9.08. The fraction of sp³-hybridized carbons (Fsp3) is 0.286. The Morgan fingerprint density at radius 3 is 2.89 bits per heavy atom. The van der Waals surface area contributed by atoms with E-state index in [-0.39, 0.29) is 5.69 Å². The number of halogens is 1. The van der Waals surface area contributed by atoms with Crippen LogP contribution in [-0.4, -0.2) is 20.9 Å². The molecule has 5 heteroatoms. The molecule has 0 amide bonds. The third kappa shape index (κ3) is 1.98. The maximum absolute atomic E-state index is 11.2. The Kier molecular flexibility index (Phi) is 2.93. The second-order valence-corrected chi connectivity index (χ2v) is 5.63. The van der Waals surface area contributed by atoms with E-state index in [2.05, 4.69) is 21.0 Å². The first kappa shape index (κ1) is 12.4. The predicted octanol–water partition coefficient (Wildman–Crippen LogP) is 3.13. The van der Waals surface area contributed by atoms with Gasteiger partial charge in [-0.25, -0.2) is 9.48 Å². The smallest absolute Gasteiger partial charge is 0.356 e. The Bertz CT molecular complexity index is 676. The van der Waals surface area contributed by atoms with Crippen LogP contribution in [0.15, 0.2) is 22.7 Å². The number of carboxylic acids is 1. The van der Waals surface area contributed by atoms with Crippen molar-refractivity contribution in [1.29, 1.82) is 0 Å². The summed E-state index contributed by atoms with van der Waals surface area (Å²) in [6.07, 6.45) is 2.70. The summed E-state index contributed by atoms with van der Waals surface area (Å²) in [5.74, 6) is -0.942. The molecule has 0 aliphatic heterocycles. The Hall–Kier alpha value is -1.62. The highest BCUT2D eigenvalue weighted by atomic mass is 79.9. The molecule has 1 heterocycles. The fourth-order valence-electron chi connectivity index (χ4n) is 2.54. The zero-order valence-electron chi connectivity index (χ0n) is 10.5. The number of hydrogen-bond acceptors (Lipinski definition) is 2. The van der Waals surface area contributed by atoms with E-state index in [1.54, 1.807) is 4.68 Å². The number of carbonyl (C=O) groups is 1. The molecule has 1 aromatic heterocycles. The summed E-state index contributed by atoms with van der Waals surface area (Å²) in [7, 11) is 0. The summed E-state index contributed by atoms with van der Waals surface area (Å²) in [6.45, 7) is 2.02. The minimum absolute atomic E-state index is 0.198. The molecular formula is C14H13BrN2O2. The summed E-state index contributed by atoms with van der Waals surface area (Å²) >= 11 is 3.50. The lowest BCUT2D eigenvalue weighted by Crippen LogP contribution is -2.04. The molecule has 1 aliphatic carbocycles. The molecule has 1 aromatic carbocycles. The van der Waals surface area contributed by atoms with Gasteiger partial charge in [0.15, 0.2) is 5.69 Å². The summed E-state index contributed by atoms with van der Waals surface area (Å²) in [5.41, 5.74) is 4.18. The van der Waals surface area contributed by atoms with Crippen LogP contribution < -0.4 is 0 Å². The second kappa shape index (κ2) is 4.49. The molecular weight excluding hydrogens is 308 g/mol. The van der Waals surface area contributed by atoms with E-state index < -0.39 is 5.97 Å². The van der Waals surface area contributed by atoms with Crippen molar-refractivity contribution >= 4 is 21.9 Å². The molecule has 0 spiro atoms. The van der Waals surface area contributed by atoms with Gasteiger partial charge in [0.05, 0.1) is 5.69 Å². The Morgan fingerprint density at radius 1 is 1.42 bits per heavy atom. The average molecular weight is 321 g/mol. The number of hydrogen-bond donors (Lipinski definition) is 1. The van der Waals surface area contributed by atoms with E-state index >= 15 is 0 Å². The minimum Gasteiger partial charge on any atom is -0.476 e. The van der Waals surface area contributed by atoms with Crippen LogP contribution in [0.1, 0.15) is 33.7 Å². The molecule has 2 aromatic rings. The number of nitrogens with zero attached hydrogens (tertiary/aromatic N) is 2. The number of aromatic nitrogens is 2. The van der Waals surface area contributed by atoms with Crippen molar-refractivity contribution in [2.45, 2.75) is 26.2 Å². The SMILES string of the molecule is Cc1ccc(-n2nc(C(=O)O)c3c2CCC3)cc1Br. The van der Waals surface area contributed by atoms with Crippen LogP contribution in [0, 0.1) is 6.92 Å². The lowest BCUT2D eigenvalue weighted by Gasteiger charge is -2.07. The molecule has 1 N–H and O–H groups in total. The third-order valence-corrected chi connectivity index (χ3v) is 4.39. The molecule has 1 aliphatic rings. The van der Waals surface area contributed by atoms with Crippen LogP contribution in [0.2, 0.25) is 0 Å². The van der Waals surface area contributed by atoms with E-state index in [1.807, 2.05) is 25.1 Å². The van der Waals surface area contributed by atoms with Crippen molar-refractivity contribution < 1.29 is 9.90 Å². The van der Waals surface area contributed by atoms with E-state index in [4.69, 9.17) is 0 Å². The lowest BCUT2D eigenvalue weighted by atomic mass is 10.2. The molecule has 0 radical (unpaired) electrons. The maximum Gasteiger partial charge on any atom is 0.356 e. The van der Waals surface area contributed by atoms with Gasteiger partial charge in [-0.15, -0.1) is 0 Å². The van der Waals surface area contributed by atoms with Crippen molar-refractivity contribution in [3.63, 3.8) is 0 Å². The highest BCUT2D eigenvalue weighted by Gasteiger charge is 2.26. The third-order valence-electron chi connectivity index (χ3n) is 3.53. The van der Waals surface area contributed by atoms with E-state index in [9.17, 15) is 9.90 Å². The van der Waals surface area contributed by atoms with Crippen LogP contribution >= 0.6 is 15.9 Å². The van der Waals surface area contributed by atoms with Gasteiger partial charge >= 0.3 is 5.97 Å². The van der Waals surface area contributed by atoms with Gasteiger partial charge in [-0.1, -0.05) is 22.0 Å². The number of aromatic carboxylic acids is 1. The van der Waals surface area contributed by atoms with Gasteiger partial charge < -0.3 is 5.11 Å². The molecule has 0 saturated heterocycles. The summed E-state index contributed by atoms with van der Waals surface area (Å²) in [4.78, 5) is 11.2. The Labute approximate surface area is 119 Å². The van der Waals surface area contributed by atoms with Crippen LogP contribution in [0.3, 0.4) is 0 Å². The molecule has 0 bridgehead atoms. The number of rotatable bonds is 2. The second-order valence-electron chi connectivity index (χ2n) is 4.78. The summed E-state index contributed by atoms with van der Waals surface area (Å²) in [5, 5.41) is 13.5. The number of benzene rings is 1. The zero-order chi connectivity index (χ0) is 13.6. The number of fused-ring (bicyclic) bond motifs is 1. The fourth-order valence-corrected chi connectivity index (χ4v) is 2.90. The molecule has 0 unspecified atom stereocenters. The quantitative estimate of drug-likeness (QED) is 0.924. The van der Waals surface area contributed by atoms with Gasteiger partial charge in [-0.2, -0.15) is 5.10 Å². The van der Waals surface area contributed by atoms with Crippen molar-refractivity contribution in [1.82, 2.24) is 9.78 Å². The Balaban J connectivity index is 2.18. The normalized spacial score (nSPS) is 13.6. The van der Waals surface area contributed by atoms with Crippen molar-refractivity contribution in [3.8, 4) is 5.69 Å². The maximum atomic E-state index is 11.2. The molecule has 3 rings (SSSR count). The van der Waals surface area contributed by atoms with Crippen molar-refractivity contribution in [3.05, 3.63) is 45.2 Å². The van der Waals surface area contributed by atoms with Crippen LogP contribution in [0.4, 0.5) is 0 Å². The van der Waals surface area contributed by atoms with Crippen molar-refractivity contribution in [2.75, 3.05) is 0 Å². The zero-order valence-corrected chi connectivity index (χ0v) is 12.1. The van der Waals surface area contributed by atoms with E-state index in [0.717, 1.165) is 46.2 Å². The molecule has 0 fully saturated rings. The largest absolute Gasteiger partial charge is 0.476 e. The highest BCUT2D eigenvalue weighted by Crippen LogP contribution is 2.29. The van der Waals surface area contributed by atoms with Crippen LogP contribution in [0.5, 0.6) is 0 Å². The highest BCUT2D eigenvalue weighted by molar-refractivity contribution is 9.10. The standard InChI is InChI=1S/C14H13BrN2O2/c1-8-5-6-9(7-11(8)15)17-12-4-2-3-10(12)13(16-17)14(18)19/h5-7H,2-4H2,1H3,(H,18,19). The molecule has 0 atom stereocenters. The lowest BCUT2D eigenvalue weighted by molar-refractivity contribution is 0.0689. The van der Waals surface area contributed by atoms with Gasteiger partial charge in [-0.05, 0) is 43.9 Å². The number of aryl methyl sites for hydroxylation is 1. The van der Waals surface area contributed by atoms with Gasteiger partial charge in [0, 0.05) is 15.7 Å². The van der Waals surface area contributed by atoms with E-state index in [1.165, 1.54) is 0 Å². The summed E-state index contributed by atoms with van der Waals surface area (Å²) in [6, 6.07) is 5.95. The van der Waals surface area contributed by atoms with E-state index in [0.29, 0.717) is 0 Å². The number of carboxylic acid groups (broad SMARTS) is 1. The van der Waals surface area contributed by atoms with Gasteiger partial charge in [0.2, 0.25) is 0 Å².